The molecule has 0 saturated heterocycles. The second kappa shape index (κ2) is 5.43. The minimum atomic E-state index is -0.301. The maximum atomic E-state index is 10.5. The van der Waals surface area contributed by atoms with Crippen LogP contribution in [0.1, 0.15) is 17.5 Å². The molecule has 1 aromatic rings. The first kappa shape index (κ1) is 10.8. The van der Waals surface area contributed by atoms with Crippen LogP contribution in [0, 0.1) is 5.63 Å². The number of hydrogen-bond acceptors (Lipinski definition) is 2. The van der Waals surface area contributed by atoms with Gasteiger partial charge in [-0.05, 0) is 0 Å². The minimum absolute atomic E-state index is 0.120. The van der Waals surface area contributed by atoms with E-state index in [0.717, 1.165) is 11.1 Å². The quantitative estimate of drug-likeness (QED) is 0.767. The van der Waals surface area contributed by atoms with Crippen molar-refractivity contribution in [2.45, 2.75) is 12.8 Å². The van der Waals surface area contributed by atoms with Crippen LogP contribution >= 0.6 is 7.92 Å². The maximum absolute atomic E-state index is 10.5. The van der Waals surface area contributed by atoms with Crippen molar-refractivity contribution in [3.05, 3.63) is 35.4 Å². The van der Waals surface area contributed by atoms with Gasteiger partial charge < -0.3 is 0 Å². The number of primary amides is 1. The van der Waals surface area contributed by atoms with Crippen LogP contribution in [-0.2, 0) is 15.8 Å². The van der Waals surface area contributed by atoms with Crippen LogP contribution in [0.5, 0.6) is 0 Å². The van der Waals surface area contributed by atoms with E-state index in [1.54, 1.807) is 12.1 Å². The van der Waals surface area contributed by atoms with Gasteiger partial charge in [-0.2, -0.15) is 0 Å². The van der Waals surface area contributed by atoms with E-state index >= 15 is 0 Å². The van der Waals surface area contributed by atoms with Crippen molar-refractivity contribution >= 4 is 13.8 Å². The third-order valence-electron chi connectivity index (χ3n) is 1.79. The summed E-state index contributed by atoms with van der Waals surface area (Å²) in [5.74, 6) is -0.301. The standard InChI is InChI=1S/C10H10NO2P/c11-10(12)6-5-8-1-3-9(4-2-8)7-14-13/h1-4H,5-6H2,(H2,11,12). The van der Waals surface area contributed by atoms with Gasteiger partial charge in [-0.25, -0.2) is 0 Å². The Hall–Kier alpha value is -1.30. The molecule has 0 heterocycles. The van der Waals surface area contributed by atoms with Crippen LogP contribution in [-0.4, -0.2) is 5.91 Å². The predicted octanol–water partition coefficient (Wildman–Crippen LogP) is 1.70. The molecule has 1 aromatic carbocycles. The van der Waals surface area contributed by atoms with Crippen molar-refractivity contribution in [3.63, 3.8) is 0 Å². The molecule has 0 spiro atoms. The van der Waals surface area contributed by atoms with E-state index < -0.39 is 0 Å². The Bertz CT molecular complexity index is 419. The van der Waals surface area contributed by atoms with Gasteiger partial charge >= 0.3 is 82.8 Å². The molecule has 0 saturated carbocycles. The monoisotopic (exact) mass is 207 g/mol. The summed E-state index contributed by atoms with van der Waals surface area (Å²) in [6, 6.07) is 7.36. The summed E-state index contributed by atoms with van der Waals surface area (Å²) in [7, 11) is -0.120. The molecule has 0 aliphatic heterocycles. The van der Waals surface area contributed by atoms with Crippen molar-refractivity contribution < 1.29 is 9.36 Å². The Balaban J connectivity index is 2.67. The Morgan fingerprint density at radius 1 is 1.36 bits per heavy atom. The van der Waals surface area contributed by atoms with Crippen LogP contribution in [0.25, 0.3) is 0 Å². The number of nitrogens with two attached hydrogens (primary N) is 1. The van der Waals surface area contributed by atoms with Crippen molar-refractivity contribution in [2.75, 3.05) is 0 Å². The molecule has 1 rings (SSSR count). The molecule has 0 atom stereocenters. The molecule has 0 aromatic heterocycles. The fourth-order valence-corrected chi connectivity index (χ4v) is 1.32. The molecule has 0 radical (unpaired) electrons. The Morgan fingerprint density at radius 2 is 2.00 bits per heavy atom. The number of benzene rings is 1. The number of rotatable bonds is 3. The second-order valence-corrected chi connectivity index (χ2v) is 3.27. The number of carbonyl (C=O) groups excluding carboxylic acids is 1. The summed E-state index contributed by atoms with van der Waals surface area (Å²) < 4.78 is 10.2. The molecule has 2 N–H and O–H groups in total. The molecular formula is C10H10NO2P. The molecule has 0 fully saturated rings. The number of aryl methyl sites for hydroxylation is 1. The van der Waals surface area contributed by atoms with Crippen LogP contribution in [0.15, 0.2) is 24.3 Å². The van der Waals surface area contributed by atoms with Gasteiger partial charge in [0.05, 0.1) is 0 Å². The average Bonchev–Trinajstić information content (AvgIpc) is 2.17. The molecule has 4 heteroatoms. The van der Waals surface area contributed by atoms with Crippen LogP contribution < -0.4 is 5.73 Å². The first-order valence-electron chi connectivity index (χ1n) is 4.18. The van der Waals surface area contributed by atoms with Crippen LogP contribution in [0.4, 0.5) is 0 Å². The number of hydrogen-bond donors (Lipinski definition) is 1. The van der Waals surface area contributed by atoms with E-state index in [4.69, 9.17) is 5.73 Å². The van der Waals surface area contributed by atoms with E-state index in [1.165, 1.54) is 0 Å². The van der Waals surface area contributed by atoms with E-state index in [-0.39, 0.29) is 13.8 Å². The molecule has 0 unspecified atom stereocenters. The van der Waals surface area contributed by atoms with Crippen molar-refractivity contribution in [2.24, 2.45) is 5.73 Å². The summed E-state index contributed by atoms with van der Waals surface area (Å²) in [6.45, 7) is 0. The summed E-state index contributed by atoms with van der Waals surface area (Å²) in [5, 5.41) is 0. The van der Waals surface area contributed by atoms with Crippen molar-refractivity contribution in [1.29, 1.82) is 0 Å². The molecular weight excluding hydrogens is 197 g/mol. The van der Waals surface area contributed by atoms with Gasteiger partial charge in [0, 0.05) is 0 Å². The van der Waals surface area contributed by atoms with E-state index in [0.29, 0.717) is 12.8 Å². The third kappa shape index (κ3) is 3.61. The Labute approximate surface area is 83.4 Å². The van der Waals surface area contributed by atoms with Crippen molar-refractivity contribution in [3.8, 4) is 5.63 Å². The summed E-state index contributed by atoms with van der Waals surface area (Å²) in [4.78, 5) is 10.5. The van der Waals surface area contributed by atoms with Crippen LogP contribution in [0.3, 0.4) is 0 Å². The van der Waals surface area contributed by atoms with Gasteiger partial charge in [-0.15, -0.1) is 0 Å². The second-order valence-electron chi connectivity index (χ2n) is 2.87. The van der Waals surface area contributed by atoms with Gasteiger partial charge in [-0.3, -0.25) is 0 Å². The first-order valence-corrected chi connectivity index (χ1v) is 4.99. The topological polar surface area (TPSA) is 60.2 Å². The van der Waals surface area contributed by atoms with Gasteiger partial charge in [0.1, 0.15) is 0 Å². The zero-order valence-corrected chi connectivity index (χ0v) is 8.46. The molecule has 0 aliphatic carbocycles. The molecule has 0 aliphatic rings. The van der Waals surface area contributed by atoms with Gasteiger partial charge in [-0.1, -0.05) is 0 Å². The molecule has 72 valence electrons. The predicted molar refractivity (Wildman–Crippen MR) is 54.6 cm³/mol. The number of amides is 1. The zero-order valence-electron chi connectivity index (χ0n) is 7.56. The molecule has 1 amide bonds. The SMILES string of the molecule is NC(=O)CCc1ccc(C#P=O)cc1. The summed E-state index contributed by atoms with van der Waals surface area (Å²) in [5.41, 5.74) is 9.47. The fourth-order valence-electron chi connectivity index (χ4n) is 1.07. The first-order chi connectivity index (χ1) is 6.72. The molecule has 0 bridgehead atoms. The molecule has 3 nitrogen and oxygen atoms in total. The molecule has 14 heavy (non-hydrogen) atoms. The normalized spacial score (nSPS) is 9.14. The number of carbonyl (C=O) groups is 1. The summed E-state index contributed by atoms with van der Waals surface area (Å²) >= 11 is 0. The van der Waals surface area contributed by atoms with Crippen molar-refractivity contribution in [1.82, 2.24) is 0 Å². The van der Waals surface area contributed by atoms with Gasteiger partial charge in [0.2, 0.25) is 0 Å². The van der Waals surface area contributed by atoms with Gasteiger partial charge in [0.15, 0.2) is 0 Å². The summed E-state index contributed by atoms with van der Waals surface area (Å²) in [6.07, 6.45) is 0.997. The third-order valence-corrected chi connectivity index (χ3v) is 2.14. The van der Waals surface area contributed by atoms with E-state index in [9.17, 15) is 9.36 Å². The van der Waals surface area contributed by atoms with E-state index in [1.807, 2.05) is 12.1 Å². The Morgan fingerprint density at radius 3 is 2.50 bits per heavy atom. The van der Waals surface area contributed by atoms with E-state index in [2.05, 4.69) is 5.63 Å². The Kier molecular flexibility index (Phi) is 4.18. The van der Waals surface area contributed by atoms with Gasteiger partial charge in [0.25, 0.3) is 0 Å². The fraction of sp³-hybridized carbons (Fsp3) is 0.200. The average molecular weight is 207 g/mol. The zero-order chi connectivity index (χ0) is 10.4. The van der Waals surface area contributed by atoms with Crippen LogP contribution in [0.2, 0.25) is 0 Å².